The van der Waals surface area contributed by atoms with Gasteiger partial charge in [0.15, 0.2) is 11.4 Å². The number of amides is 1. The fourth-order valence-electron chi connectivity index (χ4n) is 2.96. The Kier molecular flexibility index (Phi) is 4.01. The van der Waals surface area contributed by atoms with Gasteiger partial charge in [-0.3, -0.25) is 9.59 Å². The highest BCUT2D eigenvalue weighted by Gasteiger charge is 2.46. The molecule has 0 aromatic heterocycles. The number of aryl methyl sites for hydroxylation is 1. The summed E-state index contributed by atoms with van der Waals surface area (Å²) in [6.07, 6.45) is 1.75. The Morgan fingerprint density at radius 1 is 1.13 bits per heavy atom. The van der Waals surface area contributed by atoms with E-state index in [2.05, 4.69) is 12.2 Å². The highest BCUT2D eigenvalue weighted by Crippen LogP contribution is 2.38. The molecule has 23 heavy (non-hydrogen) atoms. The van der Waals surface area contributed by atoms with E-state index in [-0.39, 0.29) is 12.2 Å². The summed E-state index contributed by atoms with van der Waals surface area (Å²) in [5.41, 5.74) is 0.907. The lowest BCUT2D eigenvalue weighted by Gasteiger charge is -2.20. The molecule has 0 bridgehead atoms. The maximum Gasteiger partial charge on any atom is 0.261 e. The molecular formula is C19H19NO3. The fraction of sp³-hybridized carbons (Fsp3) is 0.263. The minimum absolute atomic E-state index is 0.248. The van der Waals surface area contributed by atoms with Gasteiger partial charge >= 0.3 is 0 Å². The van der Waals surface area contributed by atoms with Gasteiger partial charge in [0.25, 0.3) is 5.91 Å². The number of rotatable bonds is 5. The summed E-state index contributed by atoms with van der Waals surface area (Å²) >= 11 is 0. The molecule has 4 nitrogen and oxygen atoms in total. The fourth-order valence-corrected chi connectivity index (χ4v) is 2.96. The summed E-state index contributed by atoms with van der Waals surface area (Å²) in [6, 6.07) is 14.3. The summed E-state index contributed by atoms with van der Waals surface area (Å²) < 4.78 is 0. The van der Waals surface area contributed by atoms with Crippen molar-refractivity contribution in [2.45, 2.75) is 31.8 Å². The van der Waals surface area contributed by atoms with Crippen molar-refractivity contribution in [1.29, 1.82) is 0 Å². The Bertz CT molecular complexity index is 751. The van der Waals surface area contributed by atoms with Crippen molar-refractivity contribution in [3.05, 3.63) is 65.2 Å². The third-order valence-electron chi connectivity index (χ3n) is 4.23. The van der Waals surface area contributed by atoms with E-state index >= 15 is 0 Å². The van der Waals surface area contributed by atoms with Gasteiger partial charge in [-0.05, 0) is 18.1 Å². The number of hydrogen-bond acceptors (Lipinski definition) is 3. The predicted octanol–water partition coefficient (Wildman–Crippen LogP) is 3.05. The zero-order valence-electron chi connectivity index (χ0n) is 13.0. The molecule has 1 amide bonds. The van der Waals surface area contributed by atoms with Crippen molar-refractivity contribution in [2.24, 2.45) is 0 Å². The molecule has 0 radical (unpaired) electrons. The zero-order valence-corrected chi connectivity index (χ0v) is 13.0. The van der Waals surface area contributed by atoms with Crippen LogP contribution in [0.2, 0.25) is 0 Å². The monoisotopic (exact) mass is 309 g/mol. The number of ketones is 1. The molecule has 0 aliphatic carbocycles. The average Bonchev–Trinajstić information content (AvgIpc) is 2.80. The van der Waals surface area contributed by atoms with Gasteiger partial charge in [-0.15, -0.1) is 0 Å². The second-order valence-electron chi connectivity index (χ2n) is 5.91. The molecule has 2 aromatic rings. The average molecular weight is 309 g/mol. The van der Waals surface area contributed by atoms with Crippen LogP contribution in [0.3, 0.4) is 0 Å². The van der Waals surface area contributed by atoms with Crippen molar-refractivity contribution < 1.29 is 14.7 Å². The van der Waals surface area contributed by atoms with Gasteiger partial charge in [0, 0.05) is 16.8 Å². The number of nitrogens with one attached hydrogen (secondary N) is 1. The molecular weight excluding hydrogens is 290 g/mol. The van der Waals surface area contributed by atoms with Gasteiger partial charge in [0.1, 0.15) is 0 Å². The lowest BCUT2D eigenvalue weighted by Crippen LogP contribution is -2.36. The Morgan fingerprint density at radius 2 is 1.83 bits per heavy atom. The third-order valence-corrected chi connectivity index (χ3v) is 4.23. The molecule has 1 aliphatic rings. The van der Waals surface area contributed by atoms with Crippen LogP contribution in [-0.2, 0) is 16.8 Å². The SMILES string of the molecule is CCCc1ccc(C(=O)CC2(O)C(=O)Nc3ccccc32)cc1. The van der Waals surface area contributed by atoms with Gasteiger partial charge in [0.05, 0.1) is 6.42 Å². The summed E-state index contributed by atoms with van der Waals surface area (Å²) in [5, 5.41) is 13.4. The van der Waals surface area contributed by atoms with E-state index in [4.69, 9.17) is 0 Å². The first kappa shape index (κ1) is 15.4. The van der Waals surface area contributed by atoms with Gasteiger partial charge in [-0.25, -0.2) is 0 Å². The minimum Gasteiger partial charge on any atom is -0.375 e. The largest absolute Gasteiger partial charge is 0.375 e. The molecule has 1 aliphatic heterocycles. The number of anilines is 1. The summed E-state index contributed by atoms with van der Waals surface area (Å²) in [6.45, 7) is 2.10. The van der Waals surface area contributed by atoms with Crippen LogP contribution in [0.4, 0.5) is 5.69 Å². The van der Waals surface area contributed by atoms with Crippen molar-refractivity contribution in [3.8, 4) is 0 Å². The van der Waals surface area contributed by atoms with E-state index < -0.39 is 11.5 Å². The van der Waals surface area contributed by atoms with Crippen LogP contribution >= 0.6 is 0 Å². The molecule has 0 saturated carbocycles. The summed E-state index contributed by atoms with van der Waals surface area (Å²) in [5.74, 6) is -0.794. The lowest BCUT2D eigenvalue weighted by atomic mass is 9.88. The Labute approximate surface area is 135 Å². The first-order valence-corrected chi connectivity index (χ1v) is 7.80. The van der Waals surface area contributed by atoms with Crippen LogP contribution in [-0.4, -0.2) is 16.8 Å². The highest BCUT2D eigenvalue weighted by atomic mass is 16.3. The minimum atomic E-state index is -1.80. The number of para-hydroxylation sites is 1. The number of aliphatic hydroxyl groups is 1. The molecule has 118 valence electrons. The van der Waals surface area contributed by atoms with E-state index in [1.54, 1.807) is 36.4 Å². The van der Waals surface area contributed by atoms with Crippen molar-refractivity contribution in [2.75, 3.05) is 5.32 Å². The van der Waals surface area contributed by atoms with Crippen LogP contribution in [0.5, 0.6) is 0 Å². The van der Waals surface area contributed by atoms with Crippen molar-refractivity contribution in [3.63, 3.8) is 0 Å². The Morgan fingerprint density at radius 3 is 2.52 bits per heavy atom. The van der Waals surface area contributed by atoms with Gasteiger partial charge in [0.2, 0.25) is 0 Å². The topological polar surface area (TPSA) is 66.4 Å². The molecule has 2 aromatic carbocycles. The van der Waals surface area contributed by atoms with Crippen LogP contribution in [0.15, 0.2) is 48.5 Å². The molecule has 1 atom stereocenters. The first-order valence-electron chi connectivity index (χ1n) is 7.80. The van der Waals surface area contributed by atoms with Crippen molar-refractivity contribution in [1.82, 2.24) is 0 Å². The van der Waals surface area contributed by atoms with E-state index in [1.807, 2.05) is 12.1 Å². The smallest absolute Gasteiger partial charge is 0.261 e. The van der Waals surface area contributed by atoms with Crippen LogP contribution in [0, 0.1) is 0 Å². The normalized spacial score (nSPS) is 19.3. The lowest BCUT2D eigenvalue weighted by molar-refractivity contribution is -0.133. The Balaban J connectivity index is 1.83. The van der Waals surface area contributed by atoms with E-state index in [0.717, 1.165) is 12.8 Å². The molecule has 1 unspecified atom stereocenters. The quantitative estimate of drug-likeness (QED) is 0.834. The molecule has 3 rings (SSSR count). The van der Waals surface area contributed by atoms with Crippen molar-refractivity contribution >= 4 is 17.4 Å². The standard InChI is InChI=1S/C19H19NO3/c1-2-5-13-8-10-14(11-9-13)17(21)12-19(23)15-6-3-4-7-16(15)20-18(19)22/h3-4,6-11,23H,2,5,12H2,1H3,(H,20,22). The zero-order chi connectivity index (χ0) is 16.4. The van der Waals surface area contributed by atoms with Crippen LogP contribution in [0.1, 0.15) is 41.3 Å². The van der Waals surface area contributed by atoms with E-state index in [9.17, 15) is 14.7 Å². The summed E-state index contributed by atoms with van der Waals surface area (Å²) in [4.78, 5) is 24.6. The number of Topliss-reactive ketones (excluding diaryl/α,β-unsaturated/α-hetero) is 1. The molecule has 0 spiro atoms. The molecule has 4 heteroatoms. The number of hydrogen-bond donors (Lipinski definition) is 2. The summed E-state index contributed by atoms with van der Waals surface area (Å²) in [7, 11) is 0. The molecule has 2 N–H and O–H groups in total. The predicted molar refractivity (Wildman–Crippen MR) is 88.4 cm³/mol. The number of carbonyl (C=O) groups excluding carboxylic acids is 2. The second kappa shape index (κ2) is 5.97. The maximum absolute atomic E-state index is 12.5. The van der Waals surface area contributed by atoms with Crippen LogP contribution in [0.25, 0.3) is 0 Å². The van der Waals surface area contributed by atoms with E-state index in [1.165, 1.54) is 5.56 Å². The number of benzene rings is 2. The third kappa shape index (κ3) is 2.78. The highest BCUT2D eigenvalue weighted by molar-refractivity contribution is 6.09. The number of fused-ring (bicyclic) bond motifs is 1. The van der Waals surface area contributed by atoms with Crippen LogP contribution < -0.4 is 5.32 Å². The van der Waals surface area contributed by atoms with Gasteiger partial charge < -0.3 is 10.4 Å². The second-order valence-corrected chi connectivity index (χ2v) is 5.91. The number of carbonyl (C=O) groups is 2. The Hall–Kier alpha value is -2.46. The molecule has 1 heterocycles. The maximum atomic E-state index is 12.5. The van der Waals surface area contributed by atoms with Gasteiger partial charge in [-0.2, -0.15) is 0 Å². The van der Waals surface area contributed by atoms with Gasteiger partial charge in [-0.1, -0.05) is 55.8 Å². The first-order chi connectivity index (χ1) is 11.0. The van der Waals surface area contributed by atoms with E-state index in [0.29, 0.717) is 16.8 Å². The molecule has 0 fully saturated rings. The molecule has 0 saturated heterocycles.